The van der Waals surface area contributed by atoms with E-state index in [-0.39, 0.29) is 12.5 Å². The molecule has 1 aliphatic rings. The first-order valence-electron chi connectivity index (χ1n) is 9.17. The SMILES string of the molecule is CN(C)c1ccc(C(=O)OCC(=O)N2CCN(c3cccc(Cl)c3)CC2)cc1. The molecule has 6 nitrogen and oxygen atoms in total. The average molecular weight is 402 g/mol. The number of hydrogen-bond donors (Lipinski definition) is 0. The molecule has 0 aromatic heterocycles. The van der Waals surface area contributed by atoms with Gasteiger partial charge in [-0.25, -0.2) is 4.79 Å². The van der Waals surface area contributed by atoms with Gasteiger partial charge in [-0.2, -0.15) is 0 Å². The van der Waals surface area contributed by atoms with Crippen LogP contribution in [-0.2, 0) is 9.53 Å². The second kappa shape index (κ2) is 8.97. The number of esters is 1. The van der Waals surface area contributed by atoms with E-state index in [2.05, 4.69) is 4.90 Å². The van der Waals surface area contributed by atoms with Crippen molar-refractivity contribution in [3.05, 3.63) is 59.1 Å². The number of anilines is 2. The molecule has 2 aromatic carbocycles. The van der Waals surface area contributed by atoms with Crippen LogP contribution in [-0.4, -0.2) is 63.7 Å². The highest BCUT2D eigenvalue weighted by atomic mass is 35.5. The molecule has 2 aromatic rings. The van der Waals surface area contributed by atoms with Crippen LogP contribution >= 0.6 is 11.6 Å². The standard InChI is InChI=1S/C21H24ClN3O3/c1-23(2)18-8-6-16(7-9-18)21(27)28-15-20(26)25-12-10-24(11-13-25)19-5-3-4-17(22)14-19/h3-9,14H,10-13,15H2,1-2H3. The maximum atomic E-state index is 12.4. The molecule has 0 radical (unpaired) electrons. The summed E-state index contributed by atoms with van der Waals surface area (Å²) in [7, 11) is 3.86. The smallest absolute Gasteiger partial charge is 0.338 e. The van der Waals surface area contributed by atoms with Crippen LogP contribution in [0, 0.1) is 0 Å². The second-order valence-electron chi connectivity index (χ2n) is 6.87. The van der Waals surface area contributed by atoms with Crippen LogP contribution in [0.4, 0.5) is 11.4 Å². The van der Waals surface area contributed by atoms with Crippen LogP contribution in [0.15, 0.2) is 48.5 Å². The molecule has 0 bridgehead atoms. The van der Waals surface area contributed by atoms with E-state index in [1.54, 1.807) is 17.0 Å². The number of hydrogen-bond acceptors (Lipinski definition) is 5. The third-order valence-electron chi connectivity index (χ3n) is 4.75. The Balaban J connectivity index is 1.47. The number of nitrogens with zero attached hydrogens (tertiary/aromatic N) is 3. The monoisotopic (exact) mass is 401 g/mol. The number of rotatable bonds is 5. The van der Waals surface area contributed by atoms with Crippen LogP contribution in [0.3, 0.4) is 0 Å². The summed E-state index contributed by atoms with van der Waals surface area (Å²) in [6.45, 7) is 2.35. The van der Waals surface area contributed by atoms with Gasteiger partial charge in [0.15, 0.2) is 6.61 Å². The summed E-state index contributed by atoms with van der Waals surface area (Å²) in [5.41, 5.74) is 2.47. The fourth-order valence-corrected chi connectivity index (χ4v) is 3.27. The maximum Gasteiger partial charge on any atom is 0.338 e. The lowest BCUT2D eigenvalue weighted by Crippen LogP contribution is -2.49. The predicted molar refractivity (Wildman–Crippen MR) is 111 cm³/mol. The molecule has 1 saturated heterocycles. The minimum atomic E-state index is -0.490. The normalized spacial score (nSPS) is 14.0. The molecule has 148 valence electrons. The number of carbonyl (C=O) groups excluding carboxylic acids is 2. The number of piperazine rings is 1. The Morgan fingerprint density at radius 3 is 2.32 bits per heavy atom. The fourth-order valence-electron chi connectivity index (χ4n) is 3.08. The van der Waals surface area contributed by atoms with Crippen molar-refractivity contribution in [1.82, 2.24) is 4.90 Å². The van der Waals surface area contributed by atoms with Gasteiger partial charge in [0.25, 0.3) is 5.91 Å². The highest BCUT2D eigenvalue weighted by Gasteiger charge is 2.22. The van der Waals surface area contributed by atoms with Crippen LogP contribution in [0.1, 0.15) is 10.4 Å². The summed E-state index contributed by atoms with van der Waals surface area (Å²) in [4.78, 5) is 30.4. The molecule has 1 fully saturated rings. The number of benzene rings is 2. The summed E-state index contributed by atoms with van der Waals surface area (Å²) in [5.74, 6) is -0.666. The van der Waals surface area contributed by atoms with Crippen molar-refractivity contribution >= 4 is 34.9 Å². The minimum absolute atomic E-state index is 0.177. The highest BCUT2D eigenvalue weighted by Crippen LogP contribution is 2.21. The van der Waals surface area contributed by atoms with E-state index < -0.39 is 5.97 Å². The third-order valence-corrected chi connectivity index (χ3v) is 4.99. The molecule has 0 aliphatic carbocycles. The largest absolute Gasteiger partial charge is 0.452 e. The van der Waals surface area contributed by atoms with E-state index in [4.69, 9.17) is 16.3 Å². The maximum absolute atomic E-state index is 12.4. The molecule has 28 heavy (non-hydrogen) atoms. The van der Waals surface area contributed by atoms with Gasteiger partial charge in [-0.1, -0.05) is 17.7 Å². The number of ether oxygens (including phenoxy) is 1. The topological polar surface area (TPSA) is 53.1 Å². The van der Waals surface area contributed by atoms with Crippen molar-refractivity contribution in [3.8, 4) is 0 Å². The van der Waals surface area contributed by atoms with E-state index >= 15 is 0 Å². The van der Waals surface area contributed by atoms with Crippen molar-refractivity contribution in [2.24, 2.45) is 0 Å². The van der Waals surface area contributed by atoms with Crippen molar-refractivity contribution in [2.75, 3.05) is 56.7 Å². The van der Waals surface area contributed by atoms with Gasteiger partial charge < -0.3 is 19.4 Å². The molecule has 1 heterocycles. The fraction of sp³-hybridized carbons (Fsp3) is 0.333. The molecular weight excluding hydrogens is 378 g/mol. The molecule has 1 aliphatic heterocycles. The van der Waals surface area contributed by atoms with Crippen molar-refractivity contribution in [1.29, 1.82) is 0 Å². The van der Waals surface area contributed by atoms with Gasteiger partial charge in [0, 0.05) is 56.7 Å². The third kappa shape index (κ3) is 4.95. The van der Waals surface area contributed by atoms with Gasteiger partial charge in [0.1, 0.15) is 0 Å². The van der Waals surface area contributed by atoms with Crippen molar-refractivity contribution in [2.45, 2.75) is 0 Å². The Kier molecular flexibility index (Phi) is 6.41. The van der Waals surface area contributed by atoms with Gasteiger partial charge >= 0.3 is 5.97 Å². The number of halogens is 1. The van der Waals surface area contributed by atoms with Gasteiger partial charge in [-0.3, -0.25) is 4.79 Å². The molecule has 0 atom stereocenters. The molecule has 0 unspecified atom stereocenters. The first kappa shape index (κ1) is 20.0. The molecular formula is C21H24ClN3O3. The van der Waals surface area contributed by atoms with Crippen LogP contribution in [0.25, 0.3) is 0 Å². The summed E-state index contributed by atoms with van der Waals surface area (Å²) in [5, 5.41) is 0.696. The quantitative estimate of drug-likeness (QED) is 0.721. The summed E-state index contributed by atoms with van der Waals surface area (Å²) >= 11 is 6.05. The Morgan fingerprint density at radius 2 is 1.71 bits per heavy atom. The first-order chi connectivity index (χ1) is 13.4. The Morgan fingerprint density at radius 1 is 1.04 bits per heavy atom. The summed E-state index contributed by atoms with van der Waals surface area (Å²) < 4.78 is 5.20. The average Bonchev–Trinajstić information content (AvgIpc) is 2.72. The lowest BCUT2D eigenvalue weighted by molar-refractivity contribution is -0.134. The van der Waals surface area contributed by atoms with Crippen molar-refractivity contribution < 1.29 is 14.3 Å². The Bertz CT molecular complexity index is 831. The molecule has 3 rings (SSSR count). The van der Waals surface area contributed by atoms with Gasteiger partial charge in [-0.15, -0.1) is 0 Å². The molecule has 0 N–H and O–H groups in total. The summed E-state index contributed by atoms with van der Waals surface area (Å²) in [6, 6.07) is 14.8. The predicted octanol–water partition coefficient (Wildman–Crippen LogP) is 2.91. The Hall–Kier alpha value is -2.73. The van der Waals surface area contributed by atoms with E-state index in [1.807, 2.05) is 55.4 Å². The molecule has 0 spiro atoms. The zero-order valence-electron chi connectivity index (χ0n) is 16.1. The second-order valence-corrected chi connectivity index (χ2v) is 7.30. The lowest BCUT2D eigenvalue weighted by atomic mass is 10.2. The Labute approximate surface area is 170 Å². The van der Waals surface area contributed by atoms with Gasteiger partial charge in [0.05, 0.1) is 5.56 Å². The molecule has 1 amide bonds. The number of amides is 1. The highest BCUT2D eigenvalue weighted by molar-refractivity contribution is 6.30. The zero-order valence-corrected chi connectivity index (χ0v) is 16.9. The zero-order chi connectivity index (χ0) is 20.1. The lowest BCUT2D eigenvalue weighted by Gasteiger charge is -2.36. The molecule has 7 heteroatoms. The van der Waals surface area contributed by atoms with Crippen LogP contribution < -0.4 is 9.80 Å². The van der Waals surface area contributed by atoms with Crippen molar-refractivity contribution in [3.63, 3.8) is 0 Å². The van der Waals surface area contributed by atoms with Crippen LogP contribution in [0.2, 0.25) is 5.02 Å². The van der Waals surface area contributed by atoms with E-state index in [0.717, 1.165) is 11.4 Å². The van der Waals surface area contributed by atoms with E-state index in [9.17, 15) is 9.59 Å². The van der Waals surface area contributed by atoms with E-state index in [1.165, 1.54) is 0 Å². The van der Waals surface area contributed by atoms with Gasteiger partial charge in [0.2, 0.25) is 0 Å². The summed E-state index contributed by atoms with van der Waals surface area (Å²) in [6.07, 6.45) is 0. The van der Waals surface area contributed by atoms with Gasteiger partial charge in [-0.05, 0) is 42.5 Å². The first-order valence-corrected chi connectivity index (χ1v) is 9.54. The van der Waals surface area contributed by atoms with Crippen LogP contribution in [0.5, 0.6) is 0 Å². The molecule has 0 saturated carbocycles. The van der Waals surface area contributed by atoms with E-state index in [0.29, 0.717) is 36.8 Å². The number of carbonyl (C=O) groups is 2. The minimum Gasteiger partial charge on any atom is -0.452 e.